The molecule has 1 atom stereocenters. The summed E-state index contributed by atoms with van der Waals surface area (Å²) in [5.41, 5.74) is -2.46. The highest BCUT2D eigenvalue weighted by Crippen LogP contribution is 2.47. The van der Waals surface area contributed by atoms with Gasteiger partial charge in [-0.1, -0.05) is 35.5 Å². The van der Waals surface area contributed by atoms with Crippen LogP contribution in [0.1, 0.15) is 40.0 Å². The molecule has 2 N–H and O–H groups in total. The van der Waals surface area contributed by atoms with Crippen molar-refractivity contribution >= 4 is 28.7 Å². The highest BCUT2D eigenvalue weighted by molar-refractivity contribution is 6.28. The van der Waals surface area contributed by atoms with Gasteiger partial charge in [-0.2, -0.15) is 0 Å². The predicted molar refractivity (Wildman–Crippen MR) is 122 cm³/mol. The van der Waals surface area contributed by atoms with Crippen LogP contribution in [0.3, 0.4) is 0 Å². The molecule has 0 aromatic heterocycles. The van der Waals surface area contributed by atoms with Crippen molar-refractivity contribution in [2.75, 3.05) is 0 Å². The van der Waals surface area contributed by atoms with Crippen LogP contribution in [-0.4, -0.2) is 31.6 Å². The Labute approximate surface area is 195 Å². The van der Waals surface area contributed by atoms with E-state index >= 15 is 0 Å². The maximum Gasteiger partial charge on any atom is 0.284 e. The molecule has 4 rings (SSSR count). The predicted octanol–water partition coefficient (Wildman–Crippen LogP) is 4.11. The normalized spacial score (nSPS) is 13.6. The van der Waals surface area contributed by atoms with Crippen LogP contribution in [0.5, 0.6) is 0 Å². The monoisotopic (exact) mass is 477 g/mol. The van der Waals surface area contributed by atoms with Crippen LogP contribution in [0.25, 0.3) is 11.1 Å². The number of fused-ring (bicyclic) bond motifs is 3. The molecular formula is C22H15N5O8. The summed E-state index contributed by atoms with van der Waals surface area (Å²) >= 11 is 0. The Morgan fingerprint density at radius 3 is 2.00 bits per heavy atom. The molecule has 0 saturated heterocycles. The Balaban J connectivity index is 1.98. The van der Waals surface area contributed by atoms with Gasteiger partial charge in [-0.3, -0.25) is 35.1 Å². The SMILES string of the molecule is CC(NC(=O)c1cc([N+](=O)[O-])cc2c1-c1c(cc([N+](=O)[O-])cc1[N+](=O)[O-])C2=NO)c1ccccc1. The smallest absolute Gasteiger partial charge is 0.284 e. The van der Waals surface area contributed by atoms with Crippen LogP contribution in [0, 0.1) is 30.3 Å². The number of nitro benzene ring substituents is 3. The molecule has 0 bridgehead atoms. The van der Waals surface area contributed by atoms with Crippen molar-refractivity contribution in [2.45, 2.75) is 13.0 Å². The van der Waals surface area contributed by atoms with E-state index in [4.69, 9.17) is 0 Å². The van der Waals surface area contributed by atoms with Gasteiger partial charge < -0.3 is 10.5 Å². The van der Waals surface area contributed by atoms with E-state index in [2.05, 4.69) is 10.5 Å². The maximum absolute atomic E-state index is 13.3. The van der Waals surface area contributed by atoms with Gasteiger partial charge in [0.2, 0.25) is 0 Å². The molecule has 176 valence electrons. The Bertz CT molecular complexity index is 1450. The number of hydrogen-bond acceptors (Lipinski definition) is 9. The summed E-state index contributed by atoms with van der Waals surface area (Å²) in [6.07, 6.45) is 0. The van der Waals surface area contributed by atoms with Crippen molar-refractivity contribution in [3.8, 4) is 11.1 Å². The third-order valence-corrected chi connectivity index (χ3v) is 5.60. The topological polar surface area (TPSA) is 191 Å². The van der Waals surface area contributed by atoms with Gasteiger partial charge in [0.1, 0.15) is 5.71 Å². The van der Waals surface area contributed by atoms with Crippen molar-refractivity contribution in [1.82, 2.24) is 5.32 Å². The van der Waals surface area contributed by atoms with Crippen LogP contribution in [0.4, 0.5) is 17.1 Å². The number of oxime groups is 1. The van der Waals surface area contributed by atoms with Crippen LogP contribution < -0.4 is 5.32 Å². The summed E-state index contributed by atoms with van der Waals surface area (Å²) in [7, 11) is 0. The third-order valence-electron chi connectivity index (χ3n) is 5.60. The number of benzene rings is 3. The van der Waals surface area contributed by atoms with E-state index in [1.54, 1.807) is 37.3 Å². The second kappa shape index (κ2) is 8.62. The van der Waals surface area contributed by atoms with E-state index in [-0.39, 0.29) is 33.5 Å². The summed E-state index contributed by atoms with van der Waals surface area (Å²) in [5.74, 6) is -0.779. The number of carbonyl (C=O) groups excluding carboxylic acids is 1. The molecule has 13 nitrogen and oxygen atoms in total. The second-order valence-electron chi connectivity index (χ2n) is 7.63. The lowest BCUT2D eigenvalue weighted by atomic mass is 9.96. The molecular weight excluding hydrogens is 462 g/mol. The van der Waals surface area contributed by atoms with Crippen molar-refractivity contribution in [2.24, 2.45) is 5.16 Å². The fourth-order valence-electron chi connectivity index (χ4n) is 4.03. The standard InChI is InChI=1S/C22H15N5O8/c1-11(12-5-3-2-4-6-12)23-22(28)17-9-13(25(30)31)7-15-19(17)20-16(21(15)24-29)8-14(26(32)33)10-18(20)27(34)35/h2-11,29H,1H3,(H,23,28). The number of hydrogen-bond donors (Lipinski definition) is 2. The molecule has 0 saturated carbocycles. The summed E-state index contributed by atoms with van der Waals surface area (Å²) < 4.78 is 0. The Morgan fingerprint density at radius 1 is 0.886 bits per heavy atom. The first-order valence-electron chi connectivity index (χ1n) is 10.0. The zero-order valence-electron chi connectivity index (χ0n) is 17.9. The van der Waals surface area contributed by atoms with E-state index < -0.39 is 43.8 Å². The molecule has 0 radical (unpaired) electrons. The number of amides is 1. The molecule has 0 heterocycles. The summed E-state index contributed by atoms with van der Waals surface area (Å²) in [6, 6.07) is 11.9. The van der Waals surface area contributed by atoms with Gasteiger partial charge in [0, 0.05) is 34.9 Å². The maximum atomic E-state index is 13.3. The van der Waals surface area contributed by atoms with E-state index in [1.165, 1.54) is 0 Å². The molecule has 1 amide bonds. The molecule has 3 aromatic rings. The molecule has 0 fully saturated rings. The van der Waals surface area contributed by atoms with Crippen LogP contribution in [-0.2, 0) is 0 Å². The van der Waals surface area contributed by atoms with Crippen LogP contribution in [0.15, 0.2) is 59.8 Å². The zero-order valence-corrected chi connectivity index (χ0v) is 17.9. The Morgan fingerprint density at radius 2 is 1.46 bits per heavy atom. The minimum absolute atomic E-state index is 0.0993. The highest BCUT2D eigenvalue weighted by atomic mass is 16.6. The van der Waals surface area contributed by atoms with E-state index in [0.29, 0.717) is 0 Å². The van der Waals surface area contributed by atoms with E-state index in [0.717, 1.165) is 29.8 Å². The average molecular weight is 477 g/mol. The molecule has 35 heavy (non-hydrogen) atoms. The summed E-state index contributed by atoms with van der Waals surface area (Å²) in [5, 5.41) is 50.2. The zero-order chi connectivity index (χ0) is 25.4. The van der Waals surface area contributed by atoms with Crippen LogP contribution >= 0.6 is 0 Å². The largest absolute Gasteiger partial charge is 0.410 e. The molecule has 3 aromatic carbocycles. The lowest BCUT2D eigenvalue weighted by Crippen LogP contribution is -2.27. The molecule has 0 aliphatic heterocycles. The number of carbonyl (C=O) groups is 1. The van der Waals surface area contributed by atoms with Crippen molar-refractivity contribution in [1.29, 1.82) is 0 Å². The Kier molecular flexibility index (Phi) is 5.66. The quantitative estimate of drug-likeness (QED) is 0.235. The molecule has 0 spiro atoms. The second-order valence-corrected chi connectivity index (χ2v) is 7.63. The molecule has 13 heteroatoms. The minimum atomic E-state index is -0.869. The minimum Gasteiger partial charge on any atom is -0.410 e. The van der Waals surface area contributed by atoms with E-state index in [1.807, 2.05) is 0 Å². The fraction of sp³-hybridized carbons (Fsp3) is 0.0909. The van der Waals surface area contributed by atoms with Crippen molar-refractivity contribution in [3.63, 3.8) is 0 Å². The highest BCUT2D eigenvalue weighted by Gasteiger charge is 2.39. The van der Waals surface area contributed by atoms with Gasteiger partial charge in [0.05, 0.1) is 38.0 Å². The fourth-order valence-corrected chi connectivity index (χ4v) is 4.03. The molecule has 1 aliphatic carbocycles. The van der Waals surface area contributed by atoms with Gasteiger partial charge in [0.25, 0.3) is 23.0 Å². The number of non-ortho nitro benzene ring substituents is 2. The molecule has 1 aliphatic rings. The van der Waals surface area contributed by atoms with Crippen molar-refractivity contribution in [3.05, 3.63) is 107 Å². The number of nitro groups is 3. The lowest BCUT2D eigenvalue weighted by Gasteiger charge is -2.16. The first-order valence-corrected chi connectivity index (χ1v) is 10.0. The number of rotatable bonds is 6. The van der Waals surface area contributed by atoms with Crippen LogP contribution in [0.2, 0.25) is 0 Å². The summed E-state index contributed by atoms with van der Waals surface area (Å²) in [6.45, 7) is 1.69. The van der Waals surface area contributed by atoms with Gasteiger partial charge in [-0.15, -0.1) is 0 Å². The first-order chi connectivity index (χ1) is 16.6. The van der Waals surface area contributed by atoms with Gasteiger partial charge in [0.15, 0.2) is 0 Å². The Hall–Kier alpha value is -5.20. The van der Waals surface area contributed by atoms with Gasteiger partial charge in [-0.05, 0) is 12.5 Å². The number of nitrogens with one attached hydrogen (secondary N) is 1. The third kappa shape index (κ3) is 3.90. The van der Waals surface area contributed by atoms with Gasteiger partial charge in [-0.25, -0.2) is 0 Å². The average Bonchev–Trinajstić information content (AvgIpc) is 3.16. The summed E-state index contributed by atoms with van der Waals surface area (Å²) in [4.78, 5) is 45.6. The lowest BCUT2D eigenvalue weighted by molar-refractivity contribution is -0.393. The molecule has 1 unspecified atom stereocenters. The first kappa shape index (κ1) is 23.0. The van der Waals surface area contributed by atoms with E-state index in [9.17, 15) is 40.3 Å². The number of nitrogens with zero attached hydrogens (tertiary/aromatic N) is 4. The van der Waals surface area contributed by atoms with Gasteiger partial charge >= 0.3 is 0 Å². The van der Waals surface area contributed by atoms with Crippen molar-refractivity contribution < 1.29 is 24.8 Å².